The molecule has 122 valence electrons. The standard InChI is InChI=1S/C17H22N4S2/c1-12-9-18-11-21(12)8-4-7-20-10-14-13-5-2-3-6-15(13)23-16(14)19-17(20)22/h9,11H,2-8,10H2,1H3,(H,19,22). The number of anilines is 1. The van der Waals surface area contributed by atoms with E-state index in [0.717, 1.165) is 31.2 Å². The van der Waals surface area contributed by atoms with Gasteiger partial charge in [0.2, 0.25) is 0 Å². The summed E-state index contributed by atoms with van der Waals surface area (Å²) in [5, 5.41) is 5.68. The normalized spacial score (nSPS) is 16.9. The number of hydrogen-bond acceptors (Lipinski definition) is 3. The number of thiophene rings is 1. The fraction of sp³-hybridized carbons (Fsp3) is 0.529. The van der Waals surface area contributed by atoms with Crippen LogP contribution in [0.1, 0.15) is 41.0 Å². The molecule has 0 bridgehead atoms. The van der Waals surface area contributed by atoms with E-state index in [0.29, 0.717) is 0 Å². The highest BCUT2D eigenvalue weighted by Gasteiger charge is 2.27. The summed E-state index contributed by atoms with van der Waals surface area (Å²) in [7, 11) is 0. The van der Waals surface area contributed by atoms with Crippen molar-refractivity contribution in [2.24, 2.45) is 0 Å². The molecule has 0 atom stereocenters. The minimum atomic E-state index is 0.887. The number of rotatable bonds is 4. The van der Waals surface area contributed by atoms with Crippen LogP contribution in [0, 0.1) is 6.92 Å². The van der Waals surface area contributed by atoms with E-state index >= 15 is 0 Å². The van der Waals surface area contributed by atoms with Gasteiger partial charge in [0.25, 0.3) is 0 Å². The first-order valence-corrected chi connectivity index (χ1v) is 9.61. The van der Waals surface area contributed by atoms with Crippen LogP contribution < -0.4 is 5.32 Å². The van der Waals surface area contributed by atoms with Crippen LogP contribution in [-0.2, 0) is 25.9 Å². The number of aromatic nitrogens is 2. The van der Waals surface area contributed by atoms with Gasteiger partial charge in [0.1, 0.15) is 5.00 Å². The predicted octanol–water partition coefficient (Wildman–Crippen LogP) is 3.73. The summed E-state index contributed by atoms with van der Waals surface area (Å²) in [6, 6.07) is 0. The molecule has 2 aromatic rings. The van der Waals surface area contributed by atoms with Gasteiger partial charge in [-0.25, -0.2) is 4.98 Å². The van der Waals surface area contributed by atoms with Gasteiger partial charge in [-0.05, 0) is 56.8 Å². The summed E-state index contributed by atoms with van der Waals surface area (Å²) in [6.45, 7) is 5.08. The Morgan fingerprint density at radius 2 is 2.13 bits per heavy atom. The molecular weight excluding hydrogens is 324 g/mol. The van der Waals surface area contributed by atoms with Crippen molar-refractivity contribution in [2.45, 2.75) is 52.1 Å². The molecule has 23 heavy (non-hydrogen) atoms. The second-order valence-corrected chi connectivity index (χ2v) is 7.94. The Morgan fingerprint density at radius 3 is 2.96 bits per heavy atom. The molecule has 0 fully saturated rings. The summed E-state index contributed by atoms with van der Waals surface area (Å²) in [5.74, 6) is 0. The Balaban J connectivity index is 1.43. The molecule has 0 saturated carbocycles. The van der Waals surface area contributed by atoms with E-state index in [9.17, 15) is 0 Å². The average Bonchev–Trinajstić information content (AvgIpc) is 3.11. The number of nitrogens with zero attached hydrogens (tertiary/aromatic N) is 3. The molecule has 6 heteroatoms. The van der Waals surface area contributed by atoms with Gasteiger partial charge in [-0.1, -0.05) is 0 Å². The second kappa shape index (κ2) is 6.24. The molecule has 4 rings (SSSR count). The van der Waals surface area contributed by atoms with Gasteiger partial charge in [-0.3, -0.25) is 0 Å². The Labute approximate surface area is 146 Å². The maximum absolute atomic E-state index is 5.59. The highest BCUT2D eigenvalue weighted by atomic mass is 32.1. The monoisotopic (exact) mass is 346 g/mol. The zero-order valence-electron chi connectivity index (χ0n) is 13.5. The fourth-order valence-electron chi connectivity index (χ4n) is 3.57. The predicted molar refractivity (Wildman–Crippen MR) is 99.2 cm³/mol. The van der Waals surface area contributed by atoms with Crippen molar-refractivity contribution in [2.75, 3.05) is 11.9 Å². The lowest BCUT2D eigenvalue weighted by molar-refractivity contribution is 0.389. The maximum Gasteiger partial charge on any atom is 0.174 e. The lowest BCUT2D eigenvalue weighted by atomic mass is 9.95. The number of aryl methyl sites for hydroxylation is 3. The van der Waals surface area contributed by atoms with E-state index in [-0.39, 0.29) is 0 Å². The molecule has 1 N–H and O–H groups in total. The molecule has 2 aromatic heterocycles. The highest BCUT2D eigenvalue weighted by molar-refractivity contribution is 7.80. The molecule has 1 aliphatic heterocycles. The van der Waals surface area contributed by atoms with Gasteiger partial charge in [0, 0.05) is 42.0 Å². The summed E-state index contributed by atoms with van der Waals surface area (Å²) in [5.41, 5.74) is 4.34. The third-order valence-electron chi connectivity index (χ3n) is 4.88. The first-order chi connectivity index (χ1) is 11.2. The molecule has 0 unspecified atom stereocenters. The van der Waals surface area contributed by atoms with Crippen molar-refractivity contribution < 1.29 is 0 Å². The molecule has 1 aliphatic carbocycles. The highest BCUT2D eigenvalue weighted by Crippen LogP contribution is 2.40. The van der Waals surface area contributed by atoms with Crippen molar-refractivity contribution in [3.05, 3.63) is 34.2 Å². The van der Waals surface area contributed by atoms with Crippen molar-refractivity contribution in [1.82, 2.24) is 14.5 Å². The van der Waals surface area contributed by atoms with Gasteiger partial charge >= 0.3 is 0 Å². The molecule has 0 radical (unpaired) electrons. The Morgan fingerprint density at radius 1 is 1.26 bits per heavy atom. The summed E-state index contributed by atoms with van der Waals surface area (Å²) in [6.07, 6.45) is 10.1. The van der Waals surface area contributed by atoms with Gasteiger partial charge in [0.15, 0.2) is 5.11 Å². The lowest BCUT2D eigenvalue weighted by Gasteiger charge is -2.31. The first kappa shape index (κ1) is 15.1. The molecule has 0 saturated heterocycles. The number of fused-ring (bicyclic) bond motifs is 3. The van der Waals surface area contributed by atoms with Crippen LogP contribution in [-0.4, -0.2) is 26.1 Å². The second-order valence-electron chi connectivity index (χ2n) is 6.45. The van der Waals surface area contributed by atoms with Crippen molar-refractivity contribution in [1.29, 1.82) is 0 Å². The molecule has 0 aromatic carbocycles. The number of imidazole rings is 1. The quantitative estimate of drug-likeness (QED) is 0.855. The van der Waals surface area contributed by atoms with E-state index in [2.05, 4.69) is 26.7 Å². The minimum absolute atomic E-state index is 0.887. The summed E-state index contributed by atoms with van der Waals surface area (Å²) in [4.78, 5) is 8.10. The topological polar surface area (TPSA) is 33.1 Å². The van der Waals surface area contributed by atoms with Gasteiger partial charge in [-0.15, -0.1) is 11.3 Å². The minimum Gasteiger partial charge on any atom is -0.344 e. The zero-order valence-corrected chi connectivity index (χ0v) is 15.1. The van der Waals surface area contributed by atoms with Gasteiger partial charge in [-0.2, -0.15) is 0 Å². The molecule has 0 spiro atoms. The van der Waals surface area contributed by atoms with Gasteiger partial charge < -0.3 is 14.8 Å². The van der Waals surface area contributed by atoms with Crippen LogP contribution >= 0.6 is 23.6 Å². The molecule has 2 aliphatic rings. The van der Waals surface area contributed by atoms with Crippen molar-refractivity contribution in [3.8, 4) is 0 Å². The van der Waals surface area contributed by atoms with Crippen LogP contribution in [0.3, 0.4) is 0 Å². The van der Waals surface area contributed by atoms with Crippen LogP contribution in [0.4, 0.5) is 5.00 Å². The third kappa shape index (κ3) is 2.90. The zero-order chi connectivity index (χ0) is 15.8. The van der Waals surface area contributed by atoms with Crippen LogP contribution in [0.15, 0.2) is 12.5 Å². The first-order valence-electron chi connectivity index (χ1n) is 8.38. The number of thiocarbonyl (C=S) groups is 1. The van der Waals surface area contributed by atoms with Crippen molar-refractivity contribution in [3.63, 3.8) is 0 Å². The average molecular weight is 347 g/mol. The Hall–Kier alpha value is -1.40. The SMILES string of the molecule is Cc1cncn1CCCN1Cc2c(sc3c2CCCC3)NC1=S. The van der Waals surface area contributed by atoms with E-state index in [4.69, 9.17) is 12.2 Å². The maximum atomic E-state index is 5.59. The molecule has 3 heterocycles. The van der Waals surface area contributed by atoms with Crippen LogP contribution in [0.5, 0.6) is 0 Å². The Bertz CT molecular complexity index is 731. The van der Waals surface area contributed by atoms with E-state index < -0.39 is 0 Å². The largest absolute Gasteiger partial charge is 0.344 e. The molecule has 4 nitrogen and oxygen atoms in total. The van der Waals surface area contributed by atoms with E-state index in [1.165, 1.54) is 41.9 Å². The number of hydrogen-bond donors (Lipinski definition) is 1. The van der Waals surface area contributed by atoms with Crippen LogP contribution in [0.2, 0.25) is 0 Å². The molecule has 0 amide bonds. The smallest absolute Gasteiger partial charge is 0.174 e. The van der Waals surface area contributed by atoms with E-state index in [1.807, 2.05) is 23.9 Å². The summed E-state index contributed by atoms with van der Waals surface area (Å²) >= 11 is 7.52. The summed E-state index contributed by atoms with van der Waals surface area (Å²) < 4.78 is 2.21. The molecular formula is C17H22N4S2. The van der Waals surface area contributed by atoms with Gasteiger partial charge in [0.05, 0.1) is 6.33 Å². The fourth-order valence-corrected chi connectivity index (χ4v) is 5.19. The van der Waals surface area contributed by atoms with Crippen LogP contribution in [0.25, 0.3) is 0 Å². The third-order valence-corrected chi connectivity index (χ3v) is 6.49. The van der Waals surface area contributed by atoms with Crippen molar-refractivity contribution >= 4 is 33.7 Å². The lowest BCUT2D eigenvalue weighted by Crippen LogP contribution is -2.39. The van der Waals surface area contributed by atoms with E-state index in [1.54, 1.807) is 10.4 Å². The number of nitrogens with one attached hydrogen (secondary N) is 1. The Kier molecular flexibility index (Phi) is 4.11.